The number of benzene rings is 3. The highest BCUT2D eigenvalue weighted by atomic mass is 16.5. The first-order chi connectivity index (χ1) is 14.7. The van der Waals surface area contributed by atoms with Crippen LogP contribution in [0.3, 0.4) is 0 Å². The van der Waals surface area contributed by atoms with Gasteiger partial charge in [-0.15, -0.1) is 0 Å². The number of hydrogen-bond donors (Lipinski definition) is 0. The van der Waals surface area contributed by atoms with Crippen molar-refractivity contribution in [3.8, 4) is 5.75 Å². The Hall–Kier alpha value is -3.33. The highest BCUT2D eigenvalue weighted by molar-refractivity contribution is 6.03. The number of fused-ring (bicyclic) bond motifs is 1. The molecule has 0 aliphatic heterocycles. The number of nitrogens with zero attached hydrogens (tertiary/aromatic N) is 1. The first-order valence-electron chi connectivity index (χ1n) is 10.6. The Balaban J connectivity index is 1.43. The van der Waals surface area contributed by atoms with Crippen molar-refractivity contribution < 1.29 is 9.53 Å². The molecule has 4 aromatic rings. The standard InChI is InChI=1S/C27H27NO2/c1-3-22-12-7-13-26-25(22)19-20(2)28(26)27(29)23-14-16-24(17-15-23)30-18-8-11-21-9-5-4-6-10-21/h4-7,9-10,12-17,19H,3,8,11,18H2,1-2H3. The van der Waals surface area contributed by atoms with Crippen LogP contribution in [0.1, 0.15) is 40.5 Å². The fraction of sp³-hybridized carbons (Fsp3) is 0.222. The molecule has 1 heterocycles. The van der Waals surface area contributed by atoms with Crippen LogP contribution >= 0.6 is 0 Å². The molecule has 3 heteroatoms. The van der Waals surface area contributed by atoms with Crippen LogP contribution in [-0.2, 0) is 12.8 Å². The smallest absolute Gasteiger partial charge is 0.262 e. The van der Waals surface area contributed by atoms with Crippen molar-refractivity contribution in [2.24, 2.45) is 0 Å². The zero-order chi connectivity index (χ0) is 20.9. The summed E-state index contributed by atoms with van der Waals surface area (Å²) in [6.45, 7) is 4.78. The normalized spacial score (nSPS) is 11.0. The molecule has 0 saturated carbocycles. The van der Waals surface area contributed by atoms with E-state index >= 15 is 0 Å². The number of ether oxygens (including phenoxy) is 1. The molecule has 0 aliphatic rings. The van der Waals surface area contributed by atoms with Crippen molar-refractivity contribution in [2.75, 3.05) is 6.61 Å². The molecular weight excluding hydrogens is 370 g/mol. The van der Waals surface area contributed by atoms with Crippen molar-refractivity contribution in [3.05, 3.63) is 101 Å². The summed E-state index contributed by atoms with van der Waals surface area (Å²) in [6.07, 6.45) is 2.90. The number of aromatic nitrogens is 1. The van der Waals surface area contributed by atoms with Gasteiger partial charge in [-0.05, 0) is 73.7 Å². The monoisotopic (exact) mass is 397 g/mol. The molecule has 0 spiro atoms. The van der Waals surface area contributed by atoms with Crippen LogP contribution in [0, 0.1) is 6.92 Å². The van der Waals surface area contributed by atoms with Gasteiger partial charge >= 0.3 is 0 Å². The van der Waals surface area contributed by atoms with E-state index in [1.54, 1.807) is 0 Å². The Labute approximate surface area is 177 Å². The maximum atomic E-state index is 13.2. The second-order valence-corrected chi connectivity index (χ2v) is 7.59. The van der Waals surface area contributed by atoms with Crippen molar-refractivity contribution in [3.63, 3.8) is 0 Å². The number of carbonyl (C=O) groups is 1. The van der Waals surface area contributed by atoms with Gasteiger partial charge in [0.1, 0.15) is 5.75 Å². The number of aryl methyl sites for hydroxylation is 3. The molecule has 0 saturated heterocycles. The van der Waals surface area contributed by atoms with E-state index in [1.807, 2.05) is 54.0 Å². The van der Waals surface area contributed by atoms with Gasteiger partial charge in [0.25, 0.3) is 5.91 Å². The third-order valence-electron chi connectivity index (χ3n) is 5.53. The zero-order valence-electron chi connectivity index (χ0n) is 17.6. The molecule has 3 nitrogen and oxygen atoms in total. The lowest BCUT2D eigenvalue weighted by atomic mass is 10.1. The van der Waals surface area contributed by atoms with Gasteiger partial charge in [0, 0.05) is 16.6 Å². The van der Waals surface area contributed by atoms with E-state index < -0.39 is 0 Å². The summed E-state index contributed by atoms with van der Waals surface area (Å²) in [5.41, 5.74) is 5.17. The van der Waals surface area contributed by atoms with Gasteiger partial charge in [0.05, 0.1) is 12.1 Å². The van der Waals surface area contributed by atoms with Crippen LogP contribution < -0.4 is 4.74 Å². The fourth-order valence-corrected chi connectivity index (χ4v) is 3.94. The van der Waals surface area contributed by atoms with E-state index in [-0.39, 0.29) is 5.91 Å². The highest BCUT2D eigenvalue weighted by Gasteiger charge is 2.16. The quantitative estimate of drug-likeness (QED) is 0.347. The van der Waals surface area contributed by atoms with Gasteiger partial charge in [-0.3, -0.25) is 9.36 Å². The van der Waals surface area contributed by atoms with Crippen molar-refractivity contribution >= 4 is 16.8 Å². The fourth-order valence-electron chi connectivity index (χ4n) is 3.94. The Morgan fingerprint density at radius 3 is 2.43 bits per heavy atom. The summed E-state index contributed by atoms with van der Waals surface area (Å²) in [5.74, 6) is 0.786. The molecule has 1 aromatic heterocycles. The summed E-state index contributed by atoms with van der Waals surface area (Å²) in [7, 11) is 0. The van der Waals surface area contributed by atoms with E-state index in [0.29, 0.717) is 12.2 Å². The maximum absolute atomic E-state index is 13.2. The third kappa shape index (κ3) is 4.16. The predicted molar refractivity (Wildman–Crippen MR) is 122 cm³/mol. The Bertz CT molecular complexity index is 1140. The second kappa shape index (κ2) is 9.00. The van der Waals surface area contributed by atoms with Crippen molar-refractivity contribution in [1.82, 2.24) is 4.57 Å². The average molecular weight is 398 g/mol. The molecule has 0 fully saturated rings. The van der Waals surface area contributed by atoms with E-state index in [2.05, 4.69) is 43.3 Å². The lowest BCUT2D eigenvalue weighted by molar-refractivity contribution is 0.0963. The van der Waals surface area contributed by atoms with E-state index in [4.69, 9.17) is 4.74 Å². The molecule has 0 unspecified atom stereocenters. The van der Waals surface area contributed by atoms with Crippen LogP contribution in [0.15, 0.2) is 78.9 Å². The van der Waals surface area contributed by atoms with Gasteiger partial charge in [0.2, 0.25) is 0 Å². The minimum Gasteiger partial charge on any atom is -0.494 e. The van der Waals surface area contributed by atoms with Gasteiger partial charge < -0.3 is 4.74 Å². The minimum absolute atomic E-state index is 0.00798. The molecule has 0 N–H and O–H groups in total. The lowest BCUT2D eigenvalue weighted by Crippen LogP contribution is -2.13. The van der Waals surface area contributed by atoms with Gasteiger partial charge in [-0.25, -0.2) is 0 Å². The van der Waals surface area contributed by atoms with Crippen LogP contribution in [0.25, 0.3) is 10.9 Å². The average Bonchev–Trinajstić information content (AvgIpc) is 3.13. The molecule has 3 aromatic carbocycles. The number of hydrogen-bond acceptors (Lipinski definition) is 2. The van der Waals surface area contributed by atoms with E-state index in [9.17, 15) is 4.79 Å². The van der Waals surface area contributed by atoms with Gasteiger partial charge in [-0.2, -0.15) is 0 Å². The van der Waals surface area contributed by atoms with Crippen LogP contribution in [0.4, 0.5) is 0 Å². The Morgan fingerprint density at radius 2 is 1.70 bits per heavy atom. The van der Waals surface area contributed by atoms with Gasteiger partial charge in [-0.1, -0.05) is 49.4 Å². The molecule has 152 valence electrons. The first kappa shape index (κ1) is 20.0. The van der Waals surface area contributed by atoms with Crippen LogP contribution in [0.2, 0.25) is 0 Å². The van der Waals surface area contributed by atoms with E-state index in [0.717, 1.165) is 41.6 Å². The number of carbonyl (C=O) groups excluding carboxylic acids is 1. The summed E-state index contributed by atoms with van der Waals surface area (Å²) < 4.78 is 7.67. The summed E-state index contributed by atoms with van der Waals surface area (Å²) >= 11 is 0. The summed E-state index contributed by atoms with van der Waals surface area (Å²) in [5, 5.41) is 1.16. The maximum Gasteiger partial charge on any atom is 0.262 e. The minimum atomic E-state index is -0.00798. The molecule has 30 heavy (non-hydrogen) atoms. The SMILES string of the molecule is CCc1cccc2c1cc(C)n2C(=O)c1ccc(OCCCc2ccccc2)cc1. The van der Waals surface area contributed by atoms with Crippen LogP contribution in [0.5, 0.6) is 5.75 Å². The number of rotatable bonds is 7. The topological polar surface area (TPSA) is 31.2 Å². The second-order valence-electron chi connectivity index (χ2n) is 7.59. The van der Waals surface area contributed by atoms with Crippen molar-refractivity contribution in [1.29, 1.82) is 0 Å². The molecule has 4 rings (SSSR count). The first-order valence-corrected chi connectivity index (χ1v) is 10.6. The Kier molecular flexibility index (Phi) is 5.99. The zero-order valence-corrected chi connectivity index (χ0v) is 17.6. The highest BCUT2D eigenvalue weighted by Crippen LogP contribution is 2.25. The largest absolute Gasteiger partial charge is 0.494 e. The molecule has 0 aliphatic carbocycles. The lowest BCUT2D eigenvalue weighted by Gasteiger charge is -2.10. The Morgan fingerprint density at radius 1 is 0.933 bits per heavy atom. The molecule has 0 radical (unpaired) electrons. The molecule has 0 atom stereocenters. The van der Waals surface area contributed by atoms with E-state index in [1.165, 1.54) is 11.1 Å². The molecule has 0 amide bonds. The van der Waals surface area contributed by atoms with Crippen LogP contribution in [-0.4, -0.2) is 17.1 Å². The summed E-state index contributed by atoms with van der Waals surface area (Å²) in [4.78, 5) is 13.2. The van der Waals surface area contributed by atoms with Crippen molar-refractivity contribution in [2.45, 2.75) is 33.1 Å². The predicted octanol–water partition coefficient (Wildman–Crippen LogP) is 6.21. The summed E-state index contributed by atoms with van der Waals surface area (Å²) in [6, 6.07) is 26.2. The third-order valence-corrected chi connectivity index (χ3v) is 5.53. The molecule has 0 bridgehead atoms. The van der Waals surface area contributed by atoms with Gasteiger partial charge in [0.15, 0.2) is 0 Å². The molecular formula is C27H27NO2.